The maximum absolute atomic E-state index is 11.9. The summed E-state index contributed by atoms with van der Waals surface area (Å²) in [6.45, 7) is 6.16. The van der Waals surface area contributed by atoms with Crippen molar-refractivity contribution in [3.63, 3.8) is 0 Å². The highest BCUT2D eigenvalue weighted by Crippen LogP contribution is 2.30. The molecule has 2 fully saturated rings. The van der Waals surface area contributed by atoms with E-state index in [-0.39, 0.29) is 11.9 Å². The van der Waals surface area contributed by atoms with E-state index in [1.165, 1.54) is 0 Å². The second-order valence-corrected chi connectivity index (χ2v) is 7.13. The van der Waals surface area contributed by atoms with E-state index >= 15 is 0 Å². The van der Waals surface area contributed by atoms with E-state index in [2.05, 4.69) is 34.3 Å². The summed E-state index contributed by atoms with van der Waals surface area (Å²) in [7, 11) is 0. The number of amides is 1. The van der Waals surface area contributed by atoms with Crippen LogP contribution in [0.1, 0.15) is 50.5 Å². The molecule has 1 unspecified atom stereocenters. The highest BCUT2D eigenvalue weighted by molar-refractivity contribution is 7.15. The minimum absolute atomic E-state index is 0.247. The fourth-order valence-electron chi connectivity index (χ4n) is 2.52. The Hall–Kier alpha value is -1.17. The zero-order valence-electron chi connectivity index (χ0n) is 12.1. The standard InChI is InChI=1S/C14H22N4OS/c1-9(2)13-16-17-14(20-13)18-7-3-4-11(8-18)15-12(19)10-5-6-10/h9-11H,3-8H2,1-2H3,(H,15,19). The average Bonchev–Trinajstić information content (AvgIpc) is 3.16. The van der Waals surface area contributed by atoms with Gasteiger partial charge in [0.25, 0.3) is 0 Å². The van der Waals surface area contributed by atoms with Crippen molar-refractivity contribution >= 4 is 22.4 Å². The SMILES string of the molecule is CC(C)c1nnc(N2CCCC(NC(=O)C3CC3)C2)s1. The number of aromatic nitrogens is 2. The summed E-state index contributed by atoms with van der Waals surface area (Å²) in [5, 5.41) is 13.8. The predicted molar refractivity (Wildman–Crippen MR) is 80.1 cm³/mol. The Bertz CT molecular complexity index is 483. The second-order valence-electron chi connectivity index (χ2n) is 6.15. The van der Waals surface area contributed by atoms with Crippen molar-refractivity contribution in [2.75, 3.05) is 18.0 Å². The Morgan fingerprint density at radius 2 is 2.15 bits per heavy atom. The van der Waals surface area contributed by atoms with Crippen LogP contribution in [0.15, 0.2) is 0 Å². The van der Waals surface area contributed by atoms with E-state index in [1.807, 2.05) is 0 Å². The molecule has 1 amide bonds. The van der Waals surface area contributed by atoms with Crippen LogP contribution in [-0.2, 0) is 4.79 Å². The first kappa shape index (κ1) is 13.8. The zero-order chi connectivity index (χ0) is 14.1. The number of hydrogen-bond acceptors (Lipinski definition) is 5. The van der Waals surface area contributed by atoms with Crippen LogP contribution in [0.2, 0.25) is 0 Å². The molecule has 0 spiro atoms. The van der Waals surface area contributed by atoms with Crippen LogP contribution < -0.4 is 10.2 Å². The van der Waals surface area contributed by atoms with Gasteiger partial charge in [0.2, 0.25) is 11.0 Å². The van der Waals surface area contributed by atoms with Crippen molar-refractivity contribution in [3.05, 3.63) is 5.01 Å². The van der Waals surface area contributed by atoms with Gasteiger partial charge >= 0.3 is 0 Å². The molecule has 0 bridgehead atoms. The lowest BCUT2D eigenvalue weighted by Gasteiger charge is -2.32. The number of nitrogens with zero attached hydrogens (tertiary/aromatic N) is 3. The van der Waals surface area contributed by atoms with Gasteiger partial charge in [-0.15, -0.1) is 10.2 Å². The van der Waals surface area contributed by atoms with Gasteiger partial charge in [-0.1, -0.05) is 25.2 Å². The molecule has 0 aromatic carbocycles. The number of nitrogens with one attached hydrogen (secondary N) is 1. The van der Waals surface area contributed by atoms with Crippen LogP contribution in [0.5, 0.6) is 0 Å². The smallest absolute Gasteiger partial charge is 0.223 e. The van der Waals surface area contributed by atoms with Gasteiger partial charge < -0.3 is 10.2 Å². The first-order valence-corrected chi connectivity index (χ1v) is 8.34. The molecular weight excluding hydrogens is 272 g/mol. The van der Waals surface area contributed by atoms with E-state index < -0.39 is 0 Å². The summed E-state index contributed by atoms with van der Waals surface area (Å²) in [5.41, 5.74) is 0. The van der Waals surface area contributed by atoms with Crippen LogP contribution in [0.3, 0.4) is 0 Å². The highest BCUT2D eigenvalue weighted by atomic mass is 32.1. The summed E-state index contributed by atoms with van der Waals surface area (Å²) in [4.78, 5) is 14.1. The van der Waals surface area contributed by atoms with Gasteiger partial charge in [-0.05, 0) is 25.7 Å². The third-order valence-electron chi connectivity index (χ3n) is 3.91. The third kappa shape index (κ3) is 3.11. The van der Waals surface area contributed by atoms with Gasteiger partial charge in [0.05, 0.1) is 0 Å². The monoisotopic (exact) mass is 294 g/mol. The predicted octanol–water partition coefficient (Wildman–Crippen LogP) is 2.16. The van der Waals surface area contributed by atoms with Crippen molar-refractivity contribution in [2.45, 2.75) is 51.5 Å². The molecule has 2 heterocycles. The van der Waals surface area contributed by atoms with Crippen LogP contribution in [0.4, 0.5) is 5.13 Å². The third-order valence-corrected chi connectivity index (χ3v) is 5.19. The van der Waals surface area contributed by atoms with Gasteiger partial charge in [-0.3, -0.25) is 4.79 Å². The lowest BCUT2D eigenvalue weighted by Crippen LogP contribution is -2.48. The number of piperidine rings is 1. The van der Waals surface area contributed by atoms with E-state index in [1.54, 1.807) is 11.3 Å². The molecule has 2 aliphatic rings. The molecule has 1 atom stereocenters. The van der Waals surface area contributed by atoms with Crippen molar-refractivity contribution in [1.82, 2.24) is 15.5 Å². The van der Waals surface area contributed by atoms with Gasteiger partial charge in [0.15, 0.2) is 0 Å². The van der Waals surface area contributed by atoms with Crippen LogP contribution in [-0.4, -0.2) is 35.2 Å². The molecule has 3 rings (SSSR count). The van der Waals surface area contributed by atoms with E-state index in [4.69, 9.17) is 0 Å². The quantitative estimate of drug-likeness (QED) is 0.924. The summed E-state index contributed by atoms with van der Waals surface area (Å²) < 4.78 is 0. The molecule has 5 nitrogen and oxygen atoms in total. The summed E-state index contributed by atoms with van der Waals surface area (Å²) in [5.74, 6) is 0.966. The fraction of sp³-hybridized carbons (Fsp3) is 0.786. The van der Waals surface area contributed by atoms with Crippen molar-refractivity contribution < 1.29 is 4.79 Å². The van der Waals surface area contributed by atoms with E-state index in [9.17, 15) is 4.79 Å². The molecule has 6 heteroatoms. The van der Waals surface area contributed by atoms with Crippen molar-refractivity contribution in [2.24, 2.45) is 5.92 Å². The average molecular weight is 294 g/mol. The molecule has 1 saturated heterocycles. The van der Waals surface area contributed by atoms with Gasteiger partial charge in [-0.25, -0.2) is 0 Å². The first-order chi connectivity index (χ1) is 9.63. The van der Waals surface area contributed by atoms with Gasteiger partial charge in [0.1, 0.15) is 5.01 Å². The summed E-state index contributed by atoms with van der Waals surface area (Å²) in [6.07, 6.45) is 4.31. The molecule has 20 heavy (non-hydrogen) atoms. The van der Waals surface area contributed by atoms with Crippen LogP contribution in [0.25, 0.3) is 0 Å². The van der Waals surface area contributed by atoms with Crippen molar-refractivity contribution in [3.8, 4) is 0 Å². The number of carbonyl (C=O) groups is 1. The lowest BCUT2D eigenvalue weighted by molar-refractivity contribution is -0.123. The minimum atomic E-state index is 0.247. The Labute approximate surface area is 123 Å². The molecule has 1 saturated carbocycles. The lowest BCUT2D eigenvalue weighted by atomic mass is 10.1. The van der Waals surface area contributed by atoms with Crippen molar-refractivity contribution in [1.29, 1.82) is 0 Å². The highest BCUT2D eigenvalue weighted by Gasteiger charge is 2.32. The Morgan fingerprint density at radius 3 is 2.80 bits per heavy atom. The van der Waals surface area contributed by atoms with E-state index in [0.717, 1.165) is 48.9 Å². The topological polar surface area (TPSA) is 58.1 Å². The number of hydrogen-bond donors (Lipinski definition) is 1. The molecule has 1 aromatic heterocycles. The van der Waals surface area contributed by atoms with Crippen LogP contribution >= 0.6 is 11.3 Å². The second kappa shape index (κ2) is 5.68. The summed E-state index contributed by atoms with van der Waals surface area (Å²) >= 11 is 1.68. The zero-order valence-corrected chi connectivity index (χ0v) is 12.9. The van der Waals surface area contributed by atoms with E-state index in [0.29, 0.717) is 11.8 Å². The molecule has 1 aliphatic carbocycles. The normalized spacial score (nSPS) is 23.1. The van der Waals surface area contributed by atoms with Gasteiger partial charge in [0, 0.05) is 31.0 Å². The maximum atomic E-state index is 11.9. The Balaban J connectivity index is 1.60. The molecule has 1 aromatic rings. The largest absolute Gasteiger partial charge is 0.351 e. The molecule has 0 radical (unpaired) electrons. The molecule has 1 aliphatic heterocycles. The maximum Gasteiger partial charge on any atom is 0.223 e. The number of carbonyl (C=O) groups excluding carboxylic acids is 1. The number of rotatable bonds is 4. The minimum Gasteiger partial charge on any atom is -0.351 e. The molecular formula is C14H22N4OS. The van der Waals surface area contributed by atoms with Crippen LogP contribution in [0, 0.1) is 5.92 Å². The molecule has 110 valence electrons. The first-order valence-electron chi connectivity index (χ1n) is 7.52. The Morgan fingerprint density at radius 1 is 1.35 bits per heavy atom. The number of anilines is 1. The Kier molecular flexibility index (Phi) is 3.92. The summed E-state index contributed by atoms with van der Waals surface area (Å²) in [6, 6.07) is 0.267. The molecule has 1 N–H and O–H groups in total. The van der Waals surface area contributed by atoms with Gasteiger partial charge in [-0.2, -0.15) is 0 Å². The fourth-order valence-corrected chi connectivity index (χ4v) is 3.40.